The zero-order valence-corrected chi connectivity index (χ0v) is 13.8. The van der Waals surface area contributed by atoms with E-state index in [1.54, 1.807) is 0 Å². The highest BCUT2D eigenvalue weighted by molar-refractivity contribution is 4.87. The summed E-state index contributed by atoms with van der Waals surface area (Å²) in [5.41, 5.74) is 0. The summed E-state index contributed by atoms with van der Waals surface area (Å²) in [6, 6.07) is 1.51. The van der Waals surface area contributed by atoms with E-state index >= 15 is 0 Å². The lowest BCUT2D eigenvalue weighted by molar-refractivity contribution is 0.181. The van der Waals surface area contributed by atoms with Crippen LogP contribution in [0.5, 0.6) is 0 Å². The van der Waals surface area contributed by atoms with Crippen LogP contribution in [0.4, 0.5) is 0 Å². The second-order valence-electron chi connectivity index (χ2n) is 6.27. The van der Waals surface area contributed by atoms with E-state index in [9.17, 15) is 0 Å². The fourth-order valence-electron chi connectivity index (χ4n) is 3.21. The van der Waals surface area contributed by atoms with Crippen molar-refractivity contribution in [2.75, 3.05) is 39.3 Å². The second kappa shape index (κ2) is 8.93. The third-order valence-corrected chi connectivity index (χ3v) is 4.44. The molecule has 1 aliphatic rings. The van der Waals surface area contributed by atoms with Gasteiger partial charge < -0.3 is 5.32 Å². The van der Waals surface area contributed by atoms with E-state index in [0.29, 0.717) is 0 Å². The van der Waals surface area contributed by atoms with Gasteiger partial charge in [-0.1, -0.05) is 34.6 Å². The Morgan fingerprint density at radius 3 is 2.37 bits per heavy atom. The molecule has 2 unspecified atom stereocenters. The van der Waals surface area contributed by atoms with Crippen molar-refractivity contribution < 1.29 is 0 Å². The molecule has 0 aliphatic carbocycles. The minimum Gasteiger partial charge on any atom is -0.315 e. The topological polar surface area (TPSA) is 18.5 Å². The summed E-state index contributed by atoms with van der Waals surface area (Å²) in [5.74, 6) is 0.750. The van der Waals surface area contributed by atoms with Crippen molar-refractivity contribution in [1.29, 1.82) is 0 Å². The zero-order chi connectivity index (χ0) is 14.3. The van der Waals surface area contributed by atoms with Crippen LogP contribution in [0.15, 0.2) is 0 Å². The van der Waals surface area contributed by atoms with Crippen LogP contribution in [-0.2, 0) is 0 Å². The van der Waals surface area contributed by atoms with Crippen LogP contribution in [0.25, 0.3) is 0 Å². The molecule has 1 heterocycles. The number of likely N-dealkylation sites (N-methyl/N-ethyl adjacent to an activating group) is 1. The average molecular weight is 269 g/mol. The molecule has 0 spiro atoms. The second-order valence-corrected chi connectivity index (χ2v) is 6.27. The number of hydrogen-bond donors (Lipinski definition) is 1. The molecular formula is C16H35N3. The van der Waals surface area contributed by atoms with Crippen LogP contribution >= 0.6 is 0 Å². The summed E-state index contributed by atoms with van der Waals surface area (Å²) in [5, 5.41) is 3.63. The molecule has 1 saturated heterocycles. The van der Waals surface area contributed by atoms with Crippen molar-refractivity contribution in [3.8, 4) is 0 Å². The van der Waals surface area contributed by atoms with Crippen molar-refractivity contribution in [2.45, 2.75) is 59.5 Å². The van der Waals surface area contributed by atoms with E-state index in [4.69, 9.17) is 0 Å². The van der Waals surface area contributed by atoms with Gasteiger partial charge in [-0.25, -0.2) is 0 Å². The first-order valence-electron chi connectivity index (χ1n) is 8.31. The van der Waals surface area contributed by atoms with Crippen LogP contribution in [0, 0.1) is 5.92 Å². The zero-order valence-electron chi connectivity index (χ0n) is 13.8. The molecule has 1 rings (SSSR count). The van der Waals surface area contributed by atoms with Gasteiger partial charge in [-0.3, -0.25) is 9.80 Å². The number of rotatable bonds is 9. The number of likely N-dealkylation sites (tertiary alicyclic amines) is 1. The summed E-state index contributed by atoms with van der Waals surface area (Å²) in [7, 11) is 0. The molecule has 19 heavy (non-hydrogen) atoms. The molecule has 0 amide bonds. The minimum absolute atomic E-state index is 0.722. The first-order chi connectivity index (χ1) is 9.12. The predicted octanol–water partition coefficient (Wildman–Crippen LogP) is 2.43. The van der Waals surface area contributed by atoms with Crippen molar-refractivity contribution in [3.63, 3.8) is 0 Å². The monoisotopic (exact) mass is 269 g/mol. The summed E-state index contributed by atoms with van der Waals surface area (Å²) in [4.78, 5) is 5.32. The molecule has 3 nitrogen and oxygen atoms in total. The molecule has 0 aromatic heterocycles. The van der Waals surface area contributed by atoms with Gasteiger partial charge in [-0.05, 0) is 38.4 Å². The summed E-state index contributed by atoms with van der Waals surface area (Å²) in [6.45, 7) is 18.7. The van der Waals surface area contributed by atoms with Crippen LogP contribution in [0.1, 0.15) is 47.5 Å². The molecule has 0 bridgehead atoms. The van der Waals surface area contributed by atoms with Crippen LogP contribution < -0.4 is 5.32 Å². The summed E-state index contributed by atoms with van der Waals surface area (Å²) >= 11 is 0. The Morgan fingerprint density at radius 1 is 1.16 bits per heavy atom. The normalized spacial score (nSPS) is 22.6. The lowest BCUT2D eigenvalue weighted by atomic mass is 10.1. The maximum atomic E-state index is 3.63. The van der Waals surface area contributed by atoms with Crippen molar-refractivity contribution in [1.82, 2.24) is 15.1 Å². The fourth-order valence-corrected chi connectivity index (χ4v) is 3.21. The van der Waals surface area contributed by atoms with Crippen LogP contribution in [0.2, 0.25) is 0 Å². The van der Waals surface area contributed by atoms with E-state index in [1.165, 1.54) is 39.0 Å². The van der Waals surface area contributed by atoms with Crippen LogP contribution in [0.3, 0.4) is 0 Å². The summed E-state index contributed by atoms with van der Waals surface area (Å²) in [6.07, 6.45) is 2.61. The maximum Gasteiger partial charge on any atom is 0.0235 e. The molecule has 114 valence electrons. The van der Waals surface area contributed by atoms with Gasteiger partial charge in [0.1, 0.15) is 0 Å². The Morgan fingerprint density at radius 2 is 1.84 bits per heavy atom. The van der Waals surface area contributed by atoms with Gasteiger partial charge in [0.2, 0.25) is 0 Å². The van der Waals surface area contributed by atoms with Gasteiger partial charge in [-0.15, -0.1) is 0 Å². The quantitative estimate of drug-likeness (QED) is 0.693. The van der Waals surface area contributed by atoms with Gasteiger partial charge in [-0.2, -0.15) is 0 Å². The van der Waals surface area contributed by atoms with Crippen molar-refractivity contribution in [2.24, 2.45) is 5.92 Å². The highest BCUT2D eigenvalue weighted by Crippen LogP contribution is 2.19. The summed E-state index contributed by atoms with van der Waals surface area (Å²) < 4.78 is 0. The number of nitrogens with one attached hydrogen (secondary N) is 1. The van der Waals surface area contributed by atoms with Crippen molar-refractivity contribution in [3.05, 3.63) is 0 Å². The van der Waals surface area contributed by atoms with E-state index in [1.807, 2.05) is 0 Å². The van der Waals surface area contributed by atoms with Gasteiger partial charge in [0.15, 0.2) is 0 Å². The van der Waals surface area contributed by atoms with Gasteiger partial charge in [0, 0.05) is 31.7 Å². The molecule has 1 fully saturated rings. The Kier molecular flexibility index (Phi) is 7.96. The lowest BCUT2D eigenvalue weighted by Crippen LogP contribution is -2.44. The third-order valence-electron chi connectivity index (χ3n) is 4.44. The first kappa shape index (κ1) is 16.9. The average Bonchev–Trinajstić information content (AvgIpc) is 2.85. The molecule has 0 radical (unpaired) electrons. The molecule has 1 N–H and O–H groups in total. The minimum atomic E-state index is 0.722. The van der Waals surface area contributed by atoms with Crippen molar-refractivity contribution >= 4 is 0 Å². The van der Waals surface area contributed by atoms with E-state index in [-0.39, 0.29) is 0 Å². The predicted molar refractivity (Wildman–Crippen MR) is 84.7 cm³/mol. The highest BCUT2D eigenvalue weighted by Gasteiger charge is 2.29. The molecule has 3 heteroatoms. The lowest BCUT2D eigenvalue weighted by Gasteiger charge is -2.30. The van der Waals surface area contributed by atoms with E-state index in [2.05, 4.69) is 49.7 Å². The maximum absolute atomic E-state index is 3.63. The molecule has 0 saturated carbocycles. The van der Waals surface area contributed by atoms with Gasteiger partial charge in [0.25, 0.3) is 0 Å². The van der Waals surface area contributed by atoms with Crippen LogP contribution in [-0.4, -0.2) is 61.2 Å². The number of hydrogen-bond acceptors (Lipinski definition) is 3. The third kappa shape index (κ3) is 5.41. The smallest absolute Gasteiger partial charge is 0.0235 e. The molecule has 1 aliphatic heterocycles. The standard InChI is InChI=1S/C16H35N3/c1-6-15(12-17-11-14(4)5)19-10-9-16(13-19)18(7-2)8-3/h14-17H,6-13H2,1-5H3. The fraction of sp³-hybridized carbons (Fsp3) is 1.00. The highest BCUT2D eigenvalue weighted by atomic mass is 15.3. The first-order valence-corrected chi connectivity index (χ1v) is 8.31. The largest absolute Gasteiger partial charge is 0.315 e. The molecular weight excluding hydrogens is 234 g/mol. The molecule has 2 atom stereocenters. The number of nitrogens with zero attached hydrogens (tertiary/aromatic N) is 2. The SMILES string of the molecule is CCC(CNCC(C)C)N1CCC(N(CC)CC)C1. The molecule has 0 aromatic rings. The Bertz CT molecular complexity index is 226. The Labute approximate surface area is 120 Å². The Hall–Kier alpha value is -0.120. The van der Waals surface area contributed by atoms with E-state index < -0.39 is 0 Å². The molecule has 0 aromatic carbocycles. The van der Waals surface area contributed by atoms with Gasteiger partial charge >= 0.3 is 0 Å². The Balaban J connectivity index is 2.37. The van der Waals surface area contributed by atoms with E-state index in [0.717, 1.165) is 31.1 Å². The van der Waals surface area contributed by atoms with Gasteiger partial charge in [0.05, 0.1) is 0 Å².